The molecule has 1 unspecified atom stereocenters. The first-order valence-corrected chi connectivity index (χ1v) is 10.8. The van der Waals surface area contributed by atoms with E-state index in [0.29, 0.717) is 18.3 Å². The van der Waals surface area contributed by atoms with Crippen molar-refractivity contribution in [3.05, 3.63) is 59.2 Å². The number of anilines is 2. The van der Waals surface area contributed by atoms with Crippen molar-refractivity contribution in [1.82, 2.24) is 0 Å². The number of sulfonamides is 1. The van der Waals surface area contributed by atoms with Gasteiger partial charge in [-0.3, -0.25) is 4.72 Å². The fourth-order valence-electron chi connectivity index (χ4n) is 3.74. The van der Waals surface area contributed by atoms with E-state index in [0.717, 1.165) is 36.9 Å². The van der Waals surface area contributed by atoms with Gasteiger partial charge in [-0.2, -0.15) is 0 Å². The van der Waals surface area contributed by atoms with E-state index in [-0.39, 0.29) is 11.3 Å². The molecule has 0 saturated heterocycles. The molecule has 1 aliphatic heterocycles. The summed E-state index contributed by atoms with van der Waals surface area (Å²) in [7, 11) is -3.30. The third kappa shape index (κ3) is 3.16. The second kappa shape index (κ2) is 6.27. The van der Waals surface area contributed by atoms with Crippen LogP contribution in [0.15, 0.2) is 47.5 Å². The topological polar surface area (TPSA) is 79.8 Å². The van der Waals surface area contributed by atoms with Gasteiger partial charge >= 0.3 is 0 Å². The molecule has 6 nitrogen and oxygen atoms in total. The van der Waals surface area contributed by atoms with Crippen LogP contribution in [0.2, 0.25) is 0 Å². The van der Waals surface area contributed by atoms with E-state index < -0.39 is 10.0 Å². The highest BCUT2D eigenvalue weighted by molar-refractivity contribution is 7.93. The predicted octanol–water partition coefficient (Wildman–Crippen LogP) is 3.58. The van der Waals surface area contributed by atoms with Crippen LogP contribution in [0, 0.1) is 0 Å². The third-order valence-corrected chi connectivity index (χ3v) is 7.21. The maximum atomic E-state index is 12.3. The highest BCUT2D eigenvalue weighted by Crippen LogP contribution is 2.36. The number of fused-ring (bicyclic) bond motifs is 2. The van der Waals surface area contributed by atoms with Crippen LogP contribution in [0.25, 0.3) is 0 Å². The van der Waals surface area contributed by atoms with Crippen molar-refractivity contribution in [2.75, 3.05) is 10.0 Å². The average Bonchev–Trinajstić information content (AvgIpc) is 3.46. The molecule has 1 fully saturated rings. The van der Waals surface area contributed by atoms with E-state index in [4.69, 9.17) is 9.73 Å². The molecule has 0 radical (unpaired) electrons. The Morgan fingerprint density at radius 2 is 1.93 bits per heavy atom. The zero-order chi connectivity index (χ0) is 18.4. The molecule has 0 aromatic heterocycles. The summed E-state index contributed by atoms with van der Waals surface area (Å²) in [5.41, 5.74) is 4.83. The minimum atomic E-state index is -3.30. The van der Waals surface area contributed by atoms with Gasteiger partial charge in [-0.25, -0.2) is 13.4 Å². The summed E-state index contributed by atoms with van der Waals surface area (Å²) < 4.78 is 33.1. The van der Waals surface area contributed by atoms with E-state index >= 15 is 0 Å². The van der Waals surface area contributed by atoms with Gasteiger partial charge in [0, 0.05) is 5.56 Å². The lowest BCUT2D eigenvalue weighted by Crippen LogP contribution is -2.25. The lowest BCUT2D eigenvalue weighted by molar-refractivity contribution is 0.283. The molecular formula is C20H21N3O3S. The maximum absolute atomic E-state index is 12.3. The standard InChI is InChI=1S/C20H21N3O3S/c24-27(25,14-9-10-14)23-19-7-3-6-17-16(19)12-26-20(21-17)22-18-11-8-13-4-1-2-5-15(13)18/h1-7,14,18,23H,8-12H2,(H,21,22). The minimum absolute atomic E-state index is 0.0989. The Kier molecular flexibility index (Phi) is 3.86. The maximum Gasteiger partial charge on any atom is 0.290 e. The van der Waals surface area contributed by atoms with Crippen LogP contribution in [0.5, 0.6) is 0 Å². The van der Waals surface area contributed by atoms with Gasteiger partial charge in [0.2, 0.25) is 10.0 Å². The summed E-state index contributed by atoms with van der Waals surface area (Å²) in [6.07, 6.45) is 3.47. The molecule has 2 aromatic rings. The van der Waals surface area contributed by atoms with Gasteiger partial charge in [0.1, 0.15) is 6.61 Å². The molecule has 27 heavy (non-hydrogen) atoms. The molecule has 140 valence electrons. The van der Waals surface area contributed by atoms with E-state index in [9.17, 15) is 8.42 Å². The third-order valence-electron chi connectivity index (χ3n) is 5.36. The van der Waals surface area contributed by atoms with E-state index in [1.165, 1.54) is 11.1 Å². The van der Waals surface area contributed by atoms with Gasteiger partial charge in [0.05, 0.1) is 22.7 Å². The quantitative estimate of drug-likeness (QED) is 0.846. The number of nitrogens with zero attached hydrogens (tertiary/aromatic N) is 1. The molecule has 1 atom stereocenters. The molecule has 0 bridgehead atoms. The van der Waals surface area contributed by atoms with Gasteiger partial charge in [-0.1, -0.05) is 30.3 Å². The van der Waals surface area contributed by atoms with Crippen molar-refractivity contribution >= 4 is 27.4 Å². The molecule has 3 aliphatic rings. The Morgan fingerprint density at radius 1 is 1.07 bits per heavy atom. The number of aliphatic imine (C=N–C) groups is 1. The number of nitrogens with one attached hydrogen (secondary N) is 2. The van der Waals surface area contributed by atoms with Gasteiger partial charge in [0.15, 0.2) is 0 Å². The molecule has 2 aromatic carbocycles. The van der Waals surface area contributed by atoms with Gasteiger partial charge < -0.3 is 10.1 Å². The highest BCUT2D eigenvalue weighted by atomic mass is 32.2. The Labute approximate surface area is 158 Å². The fourth-order valence-corrected chi connectivity index (χ4v) is 5.16. The number of hydrogen-bond acceptors (Lipinski definition) is 4. The highest BCUT2D eigenvalue weighted by Gasteiger charge is 2.36. The van der Waals surface area contributed by atoms with Crippen molar-refractivity contribution in [2.45, 2.75) is 43.6 Å². The van der Waals surface area contributed by atoms with Crippen LogP contribution in [-0.2, 0) is 27.8 Å². The van der Waals surface area contributed by atoms with Crippen molar-refractivity contribution in [1.29, 1.82) is 0 Å². The van der Waals surface area contributed by atoms with Crippen LogP contribution >= 0.6 is 0 Å². The zero-order valence-electron chi connectivity index (χ0n) is 14.8. The van der Waals surface area contributed by atoms with Crippen LogP contribution in [0.3, 0.4) is 0 Å². The Hall–Kier alpha value is -2.54. The summed E-state index contributed by atoms with van der Waals surface area (Å²) in [4.78, 5) is 4.76. The van der Waals surface area contributed by atoms with E-state index in [1.54, 1.807) is 6.07 Å². The molecule has 2 N–H and O–H groups in total. The number of benzene rings is 2. The van der Waals surface area contributed by atoms with Crippen LogP contribution in [0.4, 0.5) is 11.4 Å². The van der Waals surface area contributed by atoms with Crippen LogP contribution in [-0.4, -0.2) is 19.7 Å². The fraction of sp³-hybridized carbons (Fsp3) is 0.350. The molecule has 0 amide bonds. The lowest BCUT2D eigenvalue weighted by Gasteiger charge is -2.24. The van der Waals surface area contributed by atoms with Crippen molar-refractivity contribution < 1.29 is 13.2 Å². The summed E-state index contributed by atoms with van der Waals surface area (Å²) in [6.45, 7) is 0.291. The van der Waals surface area contributed by atoms with E-state index in [1.807, 2.05) is 18.2 Å². The summed E-state index contributed by atoms with van der Waals surface area (Å²) >= 11 is 0. The van der Waals surface area contributed by atoms with Crippen molar-refractivity contribution in [2.24, 2.45) is 4.99 Å². The molecular weight excluding hydrogens is 362 g/mol. The Balaban J connectivity index is 1.38. The van der Waals surface area contributed by atoms with E-state index in [2.05, 4.69) is 28.2 Å². The molecule has 2 aliphatic carbocycles. The van der Waals surface area contributed by atoms with Crippen molar-refractivity contribution in [3.63, 3.8) is 0 Å². The Bertz CT molecular complexity index is 1030. The number of rotatable bonds is 4. The number of hydrogen-bond donors (Lipinski definition) is 2. The summed E-state index contributed by atoms with van der Waals surface area (Å²) in [5.74, 6) is 0. The monoisotopic (exact) mass is 383 g/mol. The lowest BCUT2D eigenvalue weighted by atomic mass is 10.1. The first-order valence-electron chi connectivity index (χ1n) is 9.29. The summed E-state index contributed by atoms with van der Waals surface area (Å²) in [5, 5.41) is 2.96. The first-order chi connectivity index (χ1) is 13.1. The predicted molar refractivity (Wildman–Crippen MR) is 105 cm³/mol. The second-order valence-electron chi connectivity index (χ2n) is 7.28. The first kappa shape index (κ1) is 16.6. The molecule has 0 spiro atoms. The zero-order valence-corrected chi connectivity index (χ0v) is 15.6. The van der Waals surface area contributed by atoms with Gasteiger partial charge in [-0.05, 0) is 48.9 Å². The number of aryl methyl sites for hydroxylation is 1. The normalized spacial score (nSPS) is 22.5. The number of ether oxygens (including phenoxy) is 1. The Morgan fingerprint density at radius 3 is 2.78 bits per heavy atom. The average molecular weight is 383 g/mol. The smallest absolute Gasteiger partial charge is 0.290 e. The van der Waals surface area contributed by atoms with Gasteiger partial charge in [0.25, 0.3) is 6.02 Å². The molecule has 1 saturated carbocycles. The molecule has 5 rings (SSSR count). The summed E-state index contributed by atoms with van der Waals surface area (Å²) in [6, 6.07) is 14.5. The molecule has 1 heterocycles. The van der Waals surface area contributed by atoms with Crippen molar-refractivity contribution in [3.8, 4) is 0 Å². The van der Waals surface area contributed by atoms with Crippen LogP contribution in [0.1, 0.15) is 42.0 Å². The number of amidine groups is 1. The van der Waals surface area contributed by atoms with Crippen LogP contribution < -0.4 is 10.0 Å². The second-order valence-corrected chi connectivity index (χ2v) is 9.24. The van der Waals surface area contributed by atoms with Gasteiger partial charge in [-0.15, -0.1) is 0 Å². The largest absolute Gasteiger partial charge is 0.460 e. The SMILES string of the molecule is O=S(=O)(Nc1cccc2c1COC(=NC1CCc3ccccc31)N2)C1CC1. The molecule has 7 heteroatoms. The minimum Gasteiger partial charge on any atom is -0.460 e.